The van der Waals surface area contributed by atoms with E-state index in [-0.39, 0.29) is 5.41 Å². The molecule has 1 aromatic rings. The maximum absolute atomic E-state index is 10.4. The number of hydrogen-bond donors (Lipinski definition) is 1. The molecule has 2 heteroatoms. The molecule has 0 aromatic heterocycles. The minimum Gasteiger partial charge on any atom is -0.387 e. The summed E-state index contributed by atoms with van der Waals surface area (Å²) in [5.41, 5.74) is 2.54. The lowest BCUT2D eigenvalue weighted by atomic mass is 9.87. The Morgan fingerprint density at radius 2 is 1.45 bits per heavy atom. The molecule has 2 nitrogen and oxygen atoms in total. The summed E-state index contributed by atoms with van der Waals surface area (Å²) in [5.74, 6) is 0.532. The minimum absolute atomic E-state index is 0.218. The average Bonchev–Trinajstić information content (AvgIpc) is 2.36. The van der Waals surface area contributed by atoms with E-state index in [2.05, 4.69) is 77.8 Å². The zero-order valence-corrected chi connectivity index (χ0v) is 14.1. The van der Waals surface area contributed by atoms with Crippen LogP contribution in [0.5, 0.6) is 0 Å². The van der Waals surface area contributed by atoms with Gasteiger partial charge in [0.25, 0.3) is 0 Å². The highest BCUT2D eigenvalue weighted by atomic mass is 16.3. The van der Waals surface area contributed by atoms with Gasteiger partial charge in [0, 0.05) is 12.6 Å². The SMILES string of the molecule is CC(C)c1ccc(C(O)CN(C)C(C)C(C)(C)C)cc1. The van der Waals surface area contributed by atoms with Crippen molar-refractivity contribution in [3.63, 3.8) is 0 Å². The van der Waals surface area contributed by atoms with Gasteiger partial charge in [-0.15, -0.1) is 0 Å². The maximum Gasteiger partial charge on any atom is 0.0916 e. The molecule has 0 bridgehead atoms. The number of aliphatic hydroxyl groups is 1. The Morgan fingerprint density at radius 1 is 1.00 bits per heavy atom. The molecule has 2 unspecified atom stereocenters. The molecule has 20 heavy (non-hydrogen) atoms. The lowest BCUT2D eigenvalue weighted by Gasteiger charge is -2.36. The first-order valence-corrected chi connectivity index (χ1v) is 7.61. The maximum atomic E-state index is 10.4. The van der Waals surface area contributed by atoms with Crippen molar-refractivity contribution in [3.05, 3.63) is 35.4 Å². The summed E-state index contributed by atoms with van der Waals surface area (Å²) < 4.78 is 0. The Bertz CT molecular complexity index is 402. The third-order valence-corrected chi connectivity index (χ3v) is 4.36. The number of benzene rings is 1. The lowest BCUT2D eigenvalue weighted by Crippen LogP contribution is -2.41. The highest BCUT2D eigenvalue weighted by Crippen LogP contribution is 2.25. The second-order valence-corrected chi connectivity index (χ2v) is 7.32. The highest BCUT2D eigenvalue weighted by molar-refractivity contribution is 5.26. The number of likely N-dealkylation sites (N-methyl/N-ethyl adjacent to an activating group) is 1. The standard InChI is InChI=1S/C18H31NO/c1-13(2)15-8-10-16(11-9-15)17(20)12-19(7)14(3)18(4,5)6/h8-11,13-14,17,20H,12H2,1-7H3. The summed E-state index contributed by atoms with van der Waals surface area (Å²) in [7, 11) is 2.08. The van der Waals surface area contributed by atoms with Crippen molar-refractivity contribution in [2.75, 3.05) is 13.6 Å². The van der Waals surface area contributed by atoms with E-state index in [0.717, 1.165) is 5.56 Å². The number of aliphatic hydroxyl groups excluding tert-OH is 1. The van der Waals surface area contributed by atoms with E-state index < -0.39 is 6.10 Å². The molecule has 114 valence electrons. The van der Waals surface area contributed by atoms with Crippen molar-refractivity contribution in [2.45, 2.75) is 59.6 Å². The van der Waals surface area contributed by atoms with E-state index in [9.17, 15) is 5.11 Å². The predicted octanol–water partition coefficient (Wildman–Crippen LogP) is 4.21. The lowest BCUT2D eigenvalue weighted by molar-refractivity contribution is 0.0715. The quantitative estimate of drug-likeness (QED) is 0.871. The van der Waals surface area contributed by atoms with Crippen molar-refractivity contribution in [1.29, 1.82) is 0 Å². The first-order chi connectivity index (χ1) is 9.12. The Hall–Kier alpha value is -0.860. The third kappa shape index (κ3) is 4.60. The van der Waals surface area contributed by atoms with Crippen LogP contribution in [0.3, 0.4) is 0 Å². The van der Waals surface area contributed by atoms with Crippen LogP contribution in [0, 0.1) is 5.41 Å². The van der Waals surface area contributed by atoms with Crippen molar-refractivity contribution >= 4 is 0 Å². The highest BCUT2D eigenvalue weighted by Gasteiger charge is 2.25. The zero-order valence-electron chi connectivity index (χ0n) is 14.1. The van der Waals surface area contributed by atoms with Gasteiger partial charge in [-0.3, -0.25) is 0 Å². The molecule has 0 amide bonds. The molecular weight excluding hydrogens is 246 g/mol. The summed E-state index contributed by atoms with van der Waals surface area (Å²) in [6.07, 6.45) is -0.425. The van der Waals surface area contributed by atoms with Crippen molar-refractivity contribution in [2.24, 2.45) is 5.41 Å². The van der Waals surface area contributed by atoms with Crippen LogP contribution in [0.2, 0.25) is 0 Å². The van der Waals surface area contributed by atoms with Gasteiger partial charge in [-0.05, 0) is 36.4 Å². The van der Waals surface area contributed by atoms with Crippen LogP contribution in [0.25, 0.3) is 0 Å². The van der Waals surface area contributed by atoms with Crippen LogP contribution >= 0.6 is 0 Å². The van der Waals surface area contributed by atoms with Crippen LogP contribution in [0.15, 0.2) is 24.3 Å². The Labute approximate surface area is 124 Å². The van der Waals surface area contributed by atoms with E-state index in [1.54, 1.807) is 0 Å². The monoisotopic (exact) mass is 277 g/mol. The Morgan fingerprint density at radius 3 is 1.85 bits per heavy atom. The molecule has 0 spiro atoms. The first-order valence-electron chi connectivity index (χ1n) is 7.61. The predicted molar refractivity (Wildman–Crippen MR) is 87.0 cm³/mol. The fourth-order valence-corrected chi connectivity index (χ4v) is 2.30. The zero-order chi connectivity index (χ0) is 15.5. The topological polar surface area (TPSA) is 23.5 Å². The van der Waals surface area contributed by atoms with E-state index in [0.29, 0.717) is 18.5 Å². The second-order valence-electron chi connectivity index (χ2n) is 7.32. The smallest absolute Gasteiger partial charge is 0.0916 e. The van der Waals surface area contributed by atoms with Gasteiger partial charge in [0.2, 0.25) is 0 Å². The van der Waals surface area contributed by atoms with Gasteiger partial charge in [0.15, 0.2) is 0 Å². The molecule has 0 radical (unpaired) electrons. The number of hydrogen-bond acceptors (Lipinski definition) is 2. The fourth-order valence-electron chi connectivity index (χ4n) is 2.30. The van der Waals surface area contributed by atoms with Gasteiger partial charge in [0.05, 0.1) is 6.10 Å². The molecule has 0 aliphatic carbocycles. The largest absolute Gasteiger partial charge is 0.387 e. The molecule has 1 rings (SSSR count). The number of nitrogens with zero attached hydrogens (tertiary/aromatic N) is 1. The molecule has 1 aromatic carbocycles. The van der Waals surface area contributed by atoms with Gasteiger partial charge in [-0.2, -0.15) is 0 Å². The van der Waals surface area contributed by atoms with Crippen molar-refractivity contribution in [1.82, 2.24) is 4.90 Å². The second kappa shape index (κ2) is 6.73. The summed E-state index contributed by atoms with van der Waals surface area (Å²) in [6.45, 7) is 14.0. The van der Waals surface area contributed by atoms with E-state index in [1.807, 2.05) is 0 Å². The molecule has 2 atom stereocenters. The molecule has 0 aliphatic heterocycles. The molecule has 0 saturated heterocycles. The van der Waals surface area contributed by atoms with Crippen LogP contribution in [-0.4, -0.2) is 29.6 Å². The fraction of sp³-hybridized carbons (Fsp3) is 0.667. The van der Waals surface area contributed by atoms with Crippen LogP contribution in [0.4, 0.5) is 0 Å². The van der Waals surface area contributed by atoms with Crippen LogP contribution in [-0.2, 0) is 0 Å². The van der Waals surface area contributed by atoms with E-state index >= 15 is 0 Å². The van der Waals surface area contributed by atoms with Crippen LogP contribution < -0.4 is 0 Å². The van der Waals surface area contributed by atoms with E-state index in [1.165, 1.54) is 5.56 Å². The van der Waals surface area contributed by atoms with Gasteiger partial charge in [-0.1, -0.05) is 58.9 Å². The van der Waals surface area contributed by atoms with Crippen LogP contribution in [0.1, 0.15) is 64.7 Å². The van der Waals surface area contributed by atoms with Crippen molar-refractivity contribution < 1.29 is 5.11 Å². The molecule has 0 heterocycles. The van der Waals surface area contributed by atoms with Gasteiger partial charge >= 0.3 is 0 Å². The summed E-state index contributed by atoms with van der Waals surface area (Å²) in [4.78, 5) is 2.24. The summed E-state index contributed by atoms with van der Waals surface area (Å²) in [6, 6.07) is 8.77. The minimum atomic E-state index is -0.425. The van der Waals surface area contributed by atoms with Crippen molar-refractivity contribution in [3.8, 4) is 0 Å². The Balaban J connectivity index is 2.69. The van der Waals surface area contributed by atoms with E-state index in [4.69, 9.17) is 0 Å². The molecule has 1 N–H and O–H groups in total. The third-order valence-electron chi connectivity index (χ3n) is 4.36. The number of rotatable bonds is 5. The van der Waals surface area contributed by atoms with Gasteiger partial charge in [0.1, 0.15) is 0 Å². The average molecular weight is 277 g/mol. The molecule has 0 saturated carbocycles. The molecule has 0 fully saturated rings. The first kappa shape index (κ1) is 17.2. The van der Waals surface area contributed by atoms with Gasteiger partial charge < -0.3 is 10.0 Å². The summed E-state index contributed by atoms with van der Waals surface area (Å²) in [5, 5.41) is 10.4. The molecule has 0 aliphatic rings. The summed E-state index contributed by atoms with van der Waals surface area (Å²) >= 11 is 0. The Kier molecular flexibility index (Phi) is 5.79. The van der Waals surface area contributed by atoms with Gasteiger partial charge in [-0.25, -0.2) is 0 Å². The normalized spacial score (nSPS) is 15.7. The molecular formula is C18H31NO.